The molecule has 0 bridgehead atoms. The topological polar surface area (TPSA) is 172 Å². The second-order valence-corrected chi connectivity index (χ2v) is 20.9. The fraction of sp³-hybridized carbons (Fsp3) is 0.375. The molecule has 0 unspecified atom stereocenters. The van der Waals surface area contributed by atoms with Gasteiger partial charge in [0.05, 0.1) is 33.4 Å². The number of pyridine rings is 1. The number of para-hydroxylation sites is 1. The van der Waals surface area contributed by atoms with Gasteiger partial charge in [-0.05, 0) is 160 Å². The van der Waals surface area contributed by atoms with Crippen molar-refractivity contribution < 1.29 is 29.0 Å². The van der Waals surface area contributed by atoms with Crippen molar-refractivity contribution in [2.24, 2.45) is 13.0 Å². The monoisotopic (exact) mass is 970 g/mol. The quantitative estimate of drug-likeness (QED) is 0.0940. The first-order chi connectivity index (χ1) is 34.5. The van der Waals surface area contributed by atoms with Gasteiger partial charge in [0.25, 0.3) is 5.91 Å². The first kappa shape index (κ1) is 46.4. The molecule has 3 aromatic heterocycles. The molecule has 4 aliphatic rings. The third kappa shape index (κ3) is 9.52. The van der Waals surface area contributed by atoms with Crippen molar-refractivity contribution in [3.05, 3.63) is 130 Å². The Labute approximate surface area is 416 Å². The van der Waals surface area contributed by atoms with E-state index in [4.69, 9.17) is 14.8 Å². The normalized spacial score (nSPS) is 20.6. The summed E-state index contributed by atoms with van der Waals surface area (Å²) in [7, 11) is 1.93. The zero-order valence-electron chi connectivity index (χ0n) is 40.2. The third-order valence-corrected chi connectivity index (χ3v) is 16.4. The Balaban J connectivity index is 0.677. The molecule has 3 amide bonds. The van der Waals surface area contributed by atoms with E-state index in [0.29, 0.717) is 66.3 Å². The molecule has 15 heteroatoms. The molecule has 364 valence electrons. The van der Waals surface area contributed by atoms with Crippen LogP contribution in [0.15, 0.2) is 91.0 Å². The predicted molar refractivity (Wildman–Crippen MR) is 275 cm³/mol. The van der Waals surface area contributed by atoms with Gasteiger partial charge in [-0.15, -0.1) is 0 Å². The fourth-order valence-corrected chi connectivity index (χ4v) is 12.4. The average Bonchev–Trinajstić information content (AvgIpc) is 4.11. The molecule has 3 fully saturated rings. The number of rotatable bonds is 13. The molecule has 6 heterocycles. The molecule has 2 atom stereocenters. The van der Waals surface area contributed by atoms with Crippen LogP contribution in [0, 0.1) is 12.8 Å². The average molecular weight is 971 g/mol. The van der Waals surface area contributed by atoms with Crippen LogP contribution < -0.4 is 20.3 Å². The molecule has 0 spiro atoms. The number of carboxylic acids is 1. The van der Waals surface area contributed by atoms with Crippen LogP contribution in [0.1, 0.15) is 118 Å². The Hall–Kier alpha value is -6.97. The number of aromatic nitrogens is 4. The lowest BCUT2D eigenvalue weighted by molar-refractivity contribution is -0.134. The molecule has 14 nitrogen and oxygen atoms in total. The van der Waals surface area contributed by atoms with Crippen molar-refractivity contribution in [3.8, 4) is 16.9 Å². The lowest BCUT2D eigenvalue weighted by Gasteiger charge is -2.31. The predicted octanol–water partition coefficient (Wildman–Crippen LogP) is 9.79. The minimum absolute atomic E-state index is 0.0198. The van der Waals surface area contributed by atoms with Gasteiger partial charge in [-0.1, -0.05) is 59.9 Å². The second-order valence-electron chi connectivity index (χ2n) is 19.8. The zero-order valence-corrected chi connectivity index (χ0v) is 41.0. The highest BCUT2D eigenvalue weighted by Crippen LogP contribution is 2.39. The van der Waals surface area contributed by atoms with Gasteiger partial charge in [-0.25, -0.2) is 14.8 Å². The molecule has 7 aromatic rings. The van der Waals surface area contributed by atoms with Crippen LogP contribution >= 0.6 is 11.3 Å². The lowest BCUT2D eigenvalue weighted by atomic mass is 9.84. The van der Waals surface area contributed by atoms with Gasteiger partial charge in [0.15, 0.2) is 10.8 Å². The van der Waals surface area contributed by atoms with E-state index in [1.54, 1.807) is 0 Å². The number of benzene rings is 4. The Bertz CT molecular complexity index is 3180. The number of carbonyl (C=O) groups excluding carboxylic acids is 3. The minimum atomic E-state index is -1.10. The Kier molecular flexibility index (Phi) is 12.9. The summed E-state index contributed by atoms with van der Waals surface area (Å²) < 4.78 is 9.57. The summed E-state index contributed by atoms with van der Waals surface area (Å²) in [5, 5.41) is 22.3. The number of hydrogen-bond donors (Lipinski definition) is 3. The summed E-state index contributed by atoms with van der Waals surface area (Å²) in [4.78, 5) is 64.9. The number of likely N-dealkylation sites (tertiary alicyclic amines) is 1. The fourth-order valence-electron chi connectivity index (χ4n) is 11.5. The number of amides is 3. The van der Waals surface area contributed by atoms with Crippen LogP contribution in [-0.4, -0.2) is 85.7 Å². The smallest absolute Gasteiger partial charge is 0.355 e. The largest absolute Gasteiger partial charge is 0.490 e. The number of anilines is 2. The molecule has 0 radical (unpaired) electrons. The van der Waals surface area contributed by atoms with E-state index in [1.807, 2.05) is 96.3 Å². The second kappa shape index (κ2) is 19.7. The van der Waals surface area contributed by atoms with Crippen LogP contribution in [-0.2, 0) is 29.6 Å². The van der Waals surface area contributed by atoms with Gasteiger partial charge < -0.3 is 19.6 Å². The molecule has 1 aliphatic carbocycles. The van der Waals surface area contributed by atoms with Crippen LogP contribution in [0.25, 0.3) is 32.2 Å². The van der Waals surface area contributed by atoms with Gasteiger partial charge >= 0.3 is 5.97 Å². The van der Waals surface area contributed by atoms with E-state index in [2.05, 4.69) is 38.7 Å². The van der Waals surface area contributed by atoms with E-state index in [-0.39, 0.29) is 29.5 Å². The number of nitrogens with zero attached hydrogens (tertiary/aromatic N) is 6. The molecule has 3 aliphatic heterocycles. The highest BCUT2D eigenvalue weighted by atomic mass is 32.1. The molecule has 11 rings (SSSR count). The maximum Gasteiger partial charge on any atom is 0.355 e. The van der Waals surface area contributed by atoms with Crippen LogP contribution in [0.2, 0.25) is 0 Å². The van der Waals surface area contributed by atoms with Crippen molar-refractivity contribution in [2.45, 2.75) is 95.6 Å². The Morgan fingerprint density at radius 2 is 1.73 bits per heavy atom. The molecule has 3 N–H and O–H groups in total. The van der Waals surface area contributed by atoms with Crippen molar-refractivity contribution in [3.63, 3.8) is 0 Å². The van der Waals surface area contributed by atoms with E-state index in [1.165, 1.54) is 29.7 Å². The number of ether oxygens (including phenoxy) is 1. The number of thiazole rings is 1. The van der Waals surface area contributed by atoms with Crippen molar-refractivity contribution in [1.29, 1.82) is 0 Å². The number of hydrogen-bond acceptors (Lipinski definition) is 11. The molecular formula is C56H58N8O6S. The number of carbonyl (C=O) groups is 4. The summed E-state index contributed by atoms with van der Waals surface area (Å²) in [5.41, 5.74) is 8.69. The number of fused-ring (bicyclic) bond motifs is 3. The maximum absolute atomic E-state index is 13.7. The summed E-state index contributed by atoms with van der Waals surface area (Å²) in [6, 6.07) is 29.8. The Morgan fingerprint density at radius 1 is 0.887 bits per heavy atom. The SMILES string of the molecule is Cc1c(OC2CCC(CCCN3CC[C@@H](c4ccc5c([C@@H]6CCC(=O)NC6=O)nn(C)c5c4)C3)CC2)cccc1-c1ccc(N2CCc3cccc(C(=O)Nc4nc5ccccc5s4)c3C2)nc1C(=O)O. The highest BCUT2D eigenvalue weighted by molar-refractivity contribution is 7.22. The van der Waals surface area contributed by atoms with Crippen LogP contribution in [0.3, 0.4) is 0 Å². The summed E-state index contributed by atoms with van der Waals surface area (Å²) in [5.74, 6) is 0.262. The maximum atomic E-state index is 13.7. The van der Waals surface area contributed by atoms with Crippen molar-refractivity contribution >= 4 is 67.1 Å². The number of imide groups is 1. The van der Waals surface area contributed by atoms with Gasteiger partial charge in [0.1, 0.15) is 11.6 Å². The van der Waals surface area contributed by atoms with Crippen LogP contribution in [0.5, 0.6) is 5.75 Å². The highest BCUT2D eigenvalue weighted by Gasteiger charge is 2.33. The zero-order chi connectivity index (χ0) is 48.8. The van der Waals surface area contributed by atoms with Gasteiger partial charge in [0.2, 0.25) is 11.8 Å². The summed E-state index contributed by atoms with van der Waals surface area (Å²) in [6.07, 6.45) is 9.36. The third-order valence-electron chi connectivity index (χ3n) is 15.4. The van der Waals surface area contributed by atoms with Gasteiger partial charge in [0, 0.05) is 49.6 Å². The lowest BCUT2D eigenvalue weighted by Crippen LogP contribution is -2.39. The first-order valence-electron chi connectivity index (χ1n) is 25.1. The number of carboxylic acid groups (broad SMARTS) is 1. The van der Waals surface area contributed by atoms with E-state index in [9.17, 15) is 24.3 Å². The molecule has 2 saturated heterocycles. The number of nitrogens with one attached hydrogen (secondary N) is 2. The molecule has 1 saturated carbocycles. The molecule has 4 aromatic carbocycles. The molecular weight excluding hydrogens is 913 g/mol. The van der Waals surface area contributed by atoms with Gasteiger partial charge in [-0.3, -0.25) is 29.7 Å². The van der Waals surface area contributed by atoms with Gasteiger partial charge in [-0.2, -0.15) is 5.10 Å². The van der Waals surface area contributed by atoms with E-state index in [0.717, 1.165) is 107 Å². The standard InChI is InChI=1S/C56H58N8O6S/c1-33-39(40-21-23-49(58-52(40)55(68)69)64-29-26-35-9-5-11-41(44(35)32-64)53(66)60-56-57-45-12-3-4-14-48(45)71-56)10-6-13-47(33)70-38-18-15-34(16-19-38)8-7-27-63-28-25-37(31-63)36-17-20-42-46(30-36)62(2)61-51(42)43-22-24-50(65)59-54(43)67/h3-6,9-14,17,20-21,23,30,34,37-38,43H,7-8,15-16,18-19,22,24-29,31-32H2,1-2H3,(H,68,69)(H,57,60,66)(H,59,65,67)/t34?,37-,38?,43+/m1/s1. The van der Waals surface area contributed by atoms with Crippen molar-refractivity contribution in [1.82, 2.24) is 30.0 Å². The first-order valence-corrected chi connectivity index (χ1v) is 25.9. The Morgan fingerprint density at radius 3 is 2.56 bits per heavy atom. The minimum Gasteiger partial charge on any atom is -0.490 e. The number of aryl methyl sites for hydroxylation is 1. The number of piperidine rings is 1. The number of aromatic carboxylic acids is 1. The molecule has 71 heavy (non-hydrogen) atoms. The van der Waals surface area contributed by atoms with Crippen LogP contribution in [0.4, 0.5) is 10.9 Å². The van der Waals surface area contributed by atoms with Crippen molar-refractivity contribution in [2.75, 3.05) is 36.4 Å². The van der Waals surface area contributed by atoms with E-state index >= 15 is 0 Å². The van der Waals surface area contributed by atoms with E-state index < -0.39 is 11.9 Å². The summed E-state index contributed by atoms with van der Waals surface area (Å²) >= 11 is 1.44. The summed E-state index contributed by atoms with van der Waals surface area (Å²) in [6.45, 7) is 6.27.